The standard InChI is InChI=1S/C12H23NO3/c1-9(13-12(8-14)5-6-12)7-10(15)16-11(2,3)4/h9,13-14H,5-8H2,1-4H3. The SMILES string of the molecule is CC(CC(=O)OC(C)(C)C)NC1(CO)CC1. The van der Waals surface area contributed by atoms with Crippen molar-refractivity contribution in [1.82, 2.24) is 5.32 Å². The van der Waals surface area contributed by atoms with E-state index < -0.39 is 5.60 Å². The fraction of sp³-hybridized carbons (Fsp3) is 0.917. The van der Waals surface area contributed by atoms with Gasteiger partial charge in [-0.05, 0) is 40.5 Å². The molecule has 1 rings (SSSR count). The van der Waals surface area contributed by atoms with E-state index >= 15 is 0 Å². The summed E-state index contributed by atoms with van der Waals surface area (Å²) in [5.41, 5.74) is -0.549. The van der Waals surface area contributed by atoms with Gasteiger partial charge < -0.3 is 15.2 Å². The van der Waals surface area contributed by atoms with Crippen LogP contribution < -0.4 is 5.32 Å². The smallest absolute Gasteiger partial charge is 0.307 e. The maximum atomic E-state index is 11.5. The van der Waals surface area contributed by atoms with Crippen LogP contribution in [-0.4, -0.2) is 34.9 Å². The minimum atomic E-state index is -0.426. The molecule has 0 saturated heterocycles. The highest BCUT2D eigenvalue weighted by Gasteiger charge is 2.42. The van der Waals surface area contributed by atoms with Crippen LogP contribution in [0.25, 0.3) is 0 Å². The van der Waals surface area contributed by atoms with Gasteiger partial charge in [0.25, 0.3) is 0 Å². The molecule has 1 atom stereocenters. The van der Waals surface area contributed by atoms with Crippen LogP contribution in [0, 0.1) is 0 Å². The van der Waals surface area contributed by atoms with Gasteiger partial charge in [0.2, 0.25) is 0 Å². The van der Waals surface area contributed by atoms with E-state index in [-0.39, 0.29) is 24.2 Å². The second-order valence-electron chi connectivity index (χ2n) is 5.77. The Hall–Kier alpha value is -0.610. The zero-order valence-corrected chi connectivity index (χ0v) is 10.7. The number of ether oxygens (including phenoxy) is 1. The van der Waals surface area contributed by atoms with Crippen molar-refractivity contribution < 1.29 is 14.6 Å². The molecule has 1 aliphatic carbocycles. The first kappa shape index (κ1) is 13.5. The third-order valence-electron chi connectivity index (χ3n) is 2.60. The molecule has 0 aromatic rings. The van der Waals surface area contributed by atoms with Crippen LogP contribution in [0.15, 0.2) is 0 Å². The number of aliphatic hydroxyl groups is 1. The maximum absolute atomic E-state index is 11.5. The molecule has 4 heteroatoms. The number of aliphatic hydroxyl groups excluding tert-OH is 1. The van der Waals surface area contributed by atoms with Crippen molar-refractivity contribution in [3.8, 4) is 0 Å². The first-order valence-electron chi connectivity index (χ1n) is 5.87. The van der Waals surface area contributed by atoms with E-state index in [9.17, 15) is 4.79 Å². The van der Waals surface area contributed by atoms with Crippen molar-refractivity contribution in [3.05, 3.63) is 0 Å². The number of esters is 1. The molecule has 1 aliphatic rings. The average Bonchev–Trinajstić information content (AvgIpc) is 2.81. The second-order valence-corrected chi connectivity index (χ2v) is 5.77. The van der Waals surface area contributed by atoms with Crippen LogP contribution in [0.4, 0.5) is 0 Å². The van der Waals surface area contributed by atoms with Crippen molar-refractivity contribution in [2.24, 2.45) is 0 Å². The predicted molar refractivity (Wildman–Crippen MR) is 62.1 cm³/mol. The summed E-state index contributed by atoms with van der Waals surface area (Å²) in [7, 11) is 0. The number of hydrogen-bond donors (Lipinski definition) is 2. The molecule has 0 heterocycles. The van der Waals surface area contributed by atoms with Crippen LogP contribution in [0.5, 0.6) is 0 Å². The Bertz CT molecular complexity index is 253. The van der Waals surface area contributed by atoms with Crippen molar-refractivity contribution in [2.75, 3.05) is 6.61 Å². The lowest BCUT2D eigenvalue weighted by molar-refractivity contribution is -0.155. The van der Waals surface area contributed by atoms with Crippen molar-refractivity contribution in [1.29, 1.82) is 0 Å². The Morgan fingerprint density at radius 1 is 1.50 bits per heavy atom. The topological polar surface area (TPSA) is 58.6 Å². The molecular formula is C12H23NO3. The van der Waals surface area contributed by atoms with Gasteiger partial charge in [0.05, 0.1) is 13.0 Å². The van der Waals surface area contributed by atoms with E-state index in [4.69, 9.17) is 9.84 Å². The highest BCUT2D eigenvalue weighted by atomic mass is 16.6. The average molecular weight is 229 g/mol. The van der Waals surface area contributed by atoms with E-state index in [1.54, 1.807) is 0 Å². The minimum Gasteiger partial charge on any atom is -0.460 e. The van der Waals surface area contributed by atoms with Crippen LogP contribution in [0.2, 0.25) is 0 Å². The molecule has 0 spiro atoms. The predicted octanol–water partition coefficient (Wildman–Crippen LogP) is 1.22. The lowest BCUT2D eigenvalue weighted by Crippen LogP contribution is -2.42. The van der Waals surface area contributed by atoms with Gasteiger partial charge in [-0.1, -0.05) is 0 Å². The lowest BCUT2D eigenvalue weighted by Gasteiger charge is -2.23. The summed E-state index contributed by atoms with van der Waals surface area (Å²) in [6, 6.07) is 0.0458. The summed E-state index contributed by atoms with van der Waals surface area (Å²) in [6.07, 6.45) is 2.32. The Balaban J connectivity index is 2.29. The van der Waals surface area contributed by atoms with Gasteiger partial charge >= 0.3 is 5.97 Å². The summed E-state index contributed by atoms with van der Waals surface area (Å²) >= 11 is 0. The van der Waals surface area contributed by atoms with Crippen LogP contribution in [0.3, 0.4) is 0 Å². The summed E-state index contributed by atoms with van der Waals surface area (Å²) in [4.78, 5) is 11.5. The Kier molecular flexibility index (Phi) is 3.97. The maximum Gasteiger partial charge on any atom is 0.307 e. The normalized spacial score (nSPS) is 20.3. The second kappa shape index (κ2) is 4.72. The molecule has 1 fully saturated rings. The Labute approximate surface area is 97.4 Å². The fourth-order valence-corrected chi connectivity index (χ4v) is 1.71. The van der Waals surface area contributed by atoms with E-state index in [1.807, 2.05) is 27.7 Å². The van der Waals surface area contributed by atoms with Gasteiger partial charge in [0.15, 0.2) is 0 Å². The third kappa shape index (κ3) is 4.49. The molecule has 1 saturated carbocycles. The summed E-state index contributed by atoms with van der Waals surface area (Å²) in [5, 5.41) is 12.4. The van der Waals surface area contributed by atoms with Gasteiger partial charge in [0, 0.05) is 11.6 Å². The number of carbonyl (C=O) groups is 1. The number of hydrogen-bond acceptors (Lipinski definition) is 4. The molecule has 0 bridgehead atoms. The first-order chi connectivity index (χ1) is 7.26. The van der Waals surface area contributed by atoms with Gasteiger partial charge in [-0.25, -0.2) is 0 Å². The van der Waals surface area contributed by atoms with E-state index in [1.165, 1.54) is 0 Å². The van der Waals surface area contributed by atoms with E-state index in [0.29, 0.717) is 6.42 Å². The number of carbonyl (C=O) groups excluding carboxylic acids is 1. The molecule has 2 N–H and O–H groups in total. The van der Waals surface area contributed by atoms with Crippen LogP contribution >= 0.6 is 0 Å². The van der Waals surface area contributed by atoms with Gasteiger partial charge in [-0.2, -0.15) is 0 Å². The molecular weight excluding hydrogens is 206 g/mol. The highest BCUT2D eigenvalue weighted by molar-refractivity contribution is 5.70. The zero-order chi connectivity index (χ0) is 12.4. The Morgan fingerprint density at radius 3 is 2.44 bits per heavy atom. The van der Waals surface area contributed by atoms with Crippen molar-refractivity contribution in [3.63, 3.8) is 0 Å². The molecule has 0 radical (unpaired) electrons. The molecule has 0 aromatic carbocycles. The minimum absolute atomic E-state index is 0.0458. The molecule has 4 nitrogen and oxygen atoms in total. The monoisotopic (exact) mass is 229 g/mol. The van der Waals surface area contributed by atoms with E-state index in [2.05, 4.69) is 5.32 Å². The largest absolute Gasteiger partial charge is 0.460 e. The summed E-state index contributed by atoms with van der Waals surface area (Å²) in [5.74, 6) is -0.193. The van der Waals surface area contributed by atoms with Crippen LogP contribution in [0.1, 0.15) is 47.0 Å². The van der Waals surface area contributed by atoms with Gasteiger partial charge in [0.1, 0.15) is 5.60 Å². The fourth-order valence-electron chi connectivity index (χ4n) is 1.71. The van der Waals surface area contributed by atoms with Gasteiger partial charge in [-0.3, -0.25) is 4.79 Å². The molecule has 0 amide bonds. The molecule has 16 heavy (non-hydrogen) atoms. The van der Waals surface area contributed by atoms with Gasteiger partial charge in [-0.15, -0.1) is 0 Å². The summed E-state index contributed by atoms with van der Waals surface area (Å²) in [6.45, 7) is 7.67. The number of rotatable bonds is 5. The van der Waals surface area contributed by atoms with Crippen molar-refractivity contribution in [2.45, 2.75) is 64.1 Å². The Morgan fingerprint density at radius 2 is 2.06 bits per heavy atom. The third-order valence-corrected chi connectivity index (χ3v) is 2.60. The number of nitrogens with one attached hydrogen (secondary N) is 1. The lowest BCUT2D eigenvalue weighted by atomic mass is 10.1. The van der Waals surface area contributed by atoms with Crippen molar-refractivity contribution >= 4 is 5.97 Å². The quantitative estimate of drug-likeness (QED) is 0.696. The highest BCUT2D eigenvalue weighted by Crippen LogP contribution is 2.35. The molecule has 94 valence electrons. The zero-order valence-electron chi connectivity index (χ0n) is 10.7. The first-order valence-corrected chi connectivity index (χ1v) is 5.87. The molecule has 0 aliphatic heterocycles. The molecule has 0 aromatic heterocycles. The van der Waals surface area contributed by atoms with Crippen LogP contribution in [-0.2, 0) is 9.53 Å². The summed E-state index contributed by atoms with van der Waals surface area (Å²) < 4.78 is 5.24. The van der Waals surface area contributed by atoms with E-state index in [0.717, 1.165) is 12.8 Å². The molecule has 1 unspecified atom stereocenters.